The molecule has 0 aliphatic carbocycles. The zero-order valence-electron chi connectivity index (χ0n) is 15.7. The molecular formula is C22H24N4O. The van der Waals surface area contributed by atoms with Crippen LogP contribution in [0.1, 0.15) is 28.8 Å². The molecule has 27 heavy (non-hydrogen) atoms. The molecule has 1 amide bonds. The Bertz CT molecular complexity index is 881. The van der Waals surface area contributed by atoms with E-state index in [-0.39, 0.29) is 5.91 Å². The van der Waals surface area contributed by atoms with Crippen LogP contribution < -0.4 is 10.2 Å². The summed E-state index contributed by atoms with van der Waals surface area (Å²) in [5.41, 5.74) is 2.62. The van der Waals surface area contributed by atoms with Crippen molar-refractivity contribution < 1.29 is 4.79 Å². The minimum atomic E-state index is -0.179. The molecule has 3 rings (SSSR count). The van der Waals surface area contributed by atoms with E-state index in [2.05, 4.69) is 39.2 Å². The van der Waals surface area contributed by atoms with Crippen LogP contribution in [0.5, 0.6) is 0 Å². The molecule has 0 fully saturated rings. The number of carbonyl (C=O) groups excluding carboxylic acids is 1. The molecule has 0 radical (unpaired) electrons. The lowest BCUT2D eigenvalue weighted by Gasteiger charge is -2.22. The molecule has 1 heterocycles. The summed E-state index contributed by atoms with van der Waals surface area (Å²) in [7, 11) is 0. The number of amides is 1. The lowest BCUT2D eigenvalue weighted by Crippen LogP contribution is -2.27. The molecule has 5 heteroatoms. The fourth-order valence-corrected chi connectivity index (χ4v) is 2.95. The third-order valence-electron chi connectivity index (χ3n) is 4.26. The Balaban J connectivity index is 1.73. The van der Waals surface area contributed by atoms with Crippen molar-refractivity contribution in [3.05, 3.63) is 83.8 Å². The van der Waals surface area contributed by atoms with E-state index in [0.717, 1.165) is 24.5 Å². The summed E-state index contributed by atoms with van der Waals surface area (Å²) in [6.45, 7) is 5.18. The van der Waals surface area contributed by atoms with Gasteiger partial charge in [0, 0.05) is 24.8 Å². The van der Waals surface area contributed by atoms with Crippen molar-refractivity contribution in [1.82, 2.24) is 15.3 Å². The molecule has 0 unspecified atom stereocenters. The Morgan fingerprint density at radius 2 is 1.67 bits per heavy atom. The van der Waals surface area contributed by atoms with Crippen LogP contribution in [0.3, 0.4) is 0 Å². The highest BCUT2D eigenvalue weighted by atomic mass is 16.1. The molecule has 2 aromatic carbocycles. The van der Waals surface area contributed by atoms with Crippen LogP contribution in [-0.4, -0.2) is 29.0 Å². The highest BCUT2D eigenvalue weighted by Gasteiger charge is 2.14. The number of aryl methyl sites for hydroxylation is 1. The lowest BCUT2D eigenvalue weighted by molar-refractivity contribution is 0.0948. The average molecular weight is 360 g/mol. The number of rotatable bonds is 7. The maximum absolute atomic E-state index is 12.6. The number of para-hydroxylation sites is 1. The number of aromatic nitrogens is 2. The van der Waals surface area contributed by atoms with E-state index in [1.165, 1.54) is 5.56 Å². The first kappa shape index (κ1) is 18.6. The van der Waals surface area contributed by atoms with Crippen molar-refractivity contribution in [3.8, 4) is 0 Å². The van der Waals surface area contributed by atoms with E-state index < -0.39 is 0 Å². The molecular weight excluding hydrogens is 336 g/mol. The van der Waals surface area contributed by atoms with Gasteiger partial charge in [0.05, 0.1) is 0 Å². The second-order valence-electron chi connectivity index (χ2n) is 6.23. The van der Waals surface area contributed by atoms with Gasteiger partial charge in [0.2, 0.25) is 0 Å². The van der Waals surface area contributed by atoms with Gasteiger partial charge >= 0.3 is 0 Å². The molecule has 138 valence electrons. The second kappa shape index (κ2) is 8.94. The predicted molar refractivity (Wildman–Crippen MR) is 108 cm³/mol. The maximum atomic E-state index is 12.6. The second-order valence-corrected chi connectivity index (χ2v) is 6.23. The number of nitrogens with one attached hydrogen (secondary N) is 1. The van der Waals surface area contributed by atoms with Crippen LogP contribution in [0, 0.1) is 6.92 Å². The Morgan fingerprint density at radius 1 is 1.00 bits per heavy atom. The van der Waals surface area contributed by atoms with E-state index in [4.69, 9.17) is 0 Å². The third kappa shape index (κ3) is 4.91. The highest BCUT2D eigenvalue weighted by molar-refractivity contribution is 5.93. The first-order chi connectivity index (χ1) is 13.2. The van der Waals surface area contributed by atoms with Crippen LogP contribution in [0.4, 0.5) is 11.5 Å². The molecule has 0 saturated carbocycles. The molecule has 0 spiro atoms. The molecule has 0 atom stereocenters. The van der Waals surface area contributed by atoms with Crippen molar-refractivity contribution in [2.24, 2.45) is 0 Å². The normalized spacial score (nSPS) is 10.4. The summed E-state index contributed by atoms with van der Waals surface area (Å²) < 4.78 is 0. The molecule has 1 aromatic heterocycles. The minimum Gasteiger partial charge on any atom is -0.350 e. The molecule has 5 nitrogen and oxygen atoms in total. The van der Waals surface area contributed by atoms with Crippen molar-refractivity contribution in [1.29, 1.82) is 0 Å². The van der Waals surface area contributed by atoms with E-state index in [0.29, 0.717) is 18.1 Å². The first-order valence-electron chi connectivity index (χ1n) is 9.17. The zero-order chi connectivity index (χ0) is 19.1. The Hall–Kier alpha value is -3.21. The summed E-state index contributed by atoms with van der Waals surface area (Å²) in [4.78, 5) is 23.5. The number of carbonyl (C=O) groups is 1. The Labute approximate surface area is 160 Å². The van der Waals surface area contributed by atoms with Gasteiger partial charge in [-0.2, -0.15) is 0 Å². The van der Waals surface area contributed by atoms with Crippen molar-refractivity contribution in [2.45, 2.75) is 20.3 Å². The predicted octanol–water partition coefficient (Wildman–Crippen LogP) is 3.92. The molecule has 3 aromatic rings. The highest BCUT2D eigenvalue weighted by Crippen LogP contribution is 2.23. The van der Waals surface area contributed by atoms with Gasteiger partial charge in [-0.05, 0) is 38.0 Å². The fourth-order valence-electron chi connectivity index (χ4n) is 2.95. The van der Waals surface area contributed by atoms with Crippen molar-refractivity contribution in [2.75, 3.05) is 18.0 Å². The lowest BCUT2D eigenvalue weighted by atomic mass is 10.1. The number of hydrogen-bond acceptors (Lipinski definition) is 4. The summed E-state index contributed by atoms with van der Waals surface area (Å²) >= 11 is 0. The number of anilines is 2. The summed E-state index contributed by atoms with van der Waals surface area (Å²) in [5.74, 6) is 1.13. The van der Waals surface area contributed by atoms with Crippen LogP contribution in [0.2, 0.25) is 0 Å². The van der Waals surface area contributed by atoms with Crippen molar-refractivity contribution in [3.63, 3.8) is 0 Å². The Morgan fingerprint density at radius 3 is 2.33 bits per heavy atom. The van der Waals surface area contributed by atoms with Gasteiger partial charge in [-0.1, -0.05) is 48.5 Å². The van der Waals surface area contributed by atoms with Gasteiger partial charge in [0.25, 0.3) is 5.91 Å². The number of nitrogens with zero attached hydrogens (tertiary/aromatic N) is 3. The SMILES string of the molecule is CCN(c1ccccc1)c1cc(C(=O)NCCc2ccccc2)nc(C)n1. The first-order valence-corrected chi connectivity index (χ1v) is 9.17. The molecule has 0 saturated heterocycles. The van der Waals surface area contributed by atoms with E-state index >= 15 is 0 Å². The van der Waals surface area contributed by atoms with Gasteiger partial charge in [0.1, 0.15) is 17.3 Å². The average Bonchev–Trinajstić information content (AvgIpc) is 2.70. The summed E-state index contributed by atoms with van der Waals surface area (Å²) in [5, 5.41) is 2.95. The van der Waals surface area contributed by atoms with E-state index in [9.17, 15) is 4.79 Å². The van der Waals surface area contributed by atoms with Crippen LogP contribution in [-0.2, 0) is 6.42 Å². The van der Waals surface area contributed by atoms with Gasteiger partial charge in [-0.25, -0.2) is 9.97 Å². The van der Waals surface area contributed by atoms with Crippen LogP contribution in [0.25, 0.3) is 0 Å². The summed E-state index contributed by atoms with van der Waals surface area (Å²) in [6, 6.07) is 21.9. The minimum absolute atomic E-state index is 0.179. The largest absolute Gasteiger partial charge is 0.350 e. The van der Waals surface area contributed by atoms with Gasteiger partial charge < -0.3 is 10.2 Å². The van der Waals surface area contributed by atoms with Gasteiger partial charge in [0.15, 0.2) is 0 Å². The van der Waals surface area contributed by atoms with Gasteiger partial charge in [-0.3, -0.25) is 4.79 Å². The van der Waals surface area contributed by atoms with Crippen LogP contribution >= 0.6 is 0 Å². The molecule has 0 aliphatic heterocycles. The quantitative estimate of drug-likeness (QED) is 0.694. The topological polar surface area (TPSA) is 58.1 Å². The monoisotopic (exact) mass is 360 g/mol. The third-order valence-corrected chi connectivity index (χ3v) is 4.26. The molecule has 0 aliphatic rings. The van der Waals surface area contributed by atoms with Crippen LogP contribution in [0.15, 0.2) is 66.7 Å². The molecule has 0 bridgehead atoms. The Kier molecular flexibility index (Phi) is 6.15. The maximum Gasteiger partial charge on any atom is 0.270 e. The number of benzene rings is 2. The smallest absolute Gasteiger partial charge is 0.270 e. The fraction of sp³-hybridized carbons (Fsp3) is 0.227. The van der Waals surface area contributed by atoms with Gasteiger partial charge in [-0.15, -0.1) is 0 Å². The number of hydrogen-bond donors (Lipinski definition) is 1. The standard InChI is InChI=1S/C22H24N4O/c1-3-26(19-12-8-5-9-13-19)21-16-20(24-17(2)25-21)22(27)23-15-14-18-10-6-4-7-11-18/h4-13,16H,3,14-15H2,1-2H3,(H,23,27). The van der Waals surface area contributed by atoms with E-state index in [1.807, 2.05) is 55.5 Å². The zero-order valence-corrected chi connectivity index (χ0v) is 15.7. The van der Waals surface area contributed by atoms with E-state index in [1.54, 1.807) is 6.07 Å². The molecule has 1 N–H and O–H groups in total. The van der Waals surface area contributed by atoms with Crippen molar-refractivity contribution >= 4 is 17.4 Å². The summed E-state index contributed by atoms with van der Waals surface area (Å²) in [6.07, 6.45) is 0.786.